The highest BCUT2D eigenvalue weighted by Crippen LogP contribution is 1.65. The van der Waals surface area contributed by atoms with E-state index >= 15 is 0 Å². The Labute approximate surface area is 50.9 Å². The molecule has 0 aromatic rings. The van der Waals surface area contributed by atoms with Crippen molar-refractivity contribution in [3.05, 3.63) is 0 Å². The molecule has 9 heavy (non-hydrogen) atoms. The van der Waals surface area contributed by atoms with Crippen LogP contribution in [-0.4, -0.2) is 23.2 Å². The number of nitrogens with zero attached hydrogens (tertiary/aromatic N) is 2. The summed E-state index contributed by atoms with van der Waals surface area (Å²) in [6.07, 6.45) is 0.583. The quantitative estimate of drug-likeness (QED) is 0.235. The zero-order chi connectivity index (χ0) is 7.28. The average molecular weight is 130 g/mol. The van der Waals surface area contributed by atoms with Gasteiger partial charge in [0.15, 0.2) is 0 Å². The monoisotopic (exact) mass is 130 g/mol. The first-order valence-corrected chi connectivity index (χ1v) is 1.98. The minimum Gasteiger partial charge on any atom is -0.477 e. The highest BCUT2D eigenvalue weighted by atomic mass is 16.4. The third-order valence-electron chi connectivity index (χ3n) is 0.341. The van der Waals surface area contributed by atoms with Gasteiger partial charge in [-0.25, -0.2) is 4.79 Å². The number of rotatable bonds is 2. The van der Waals surface area contributed by atoms with Crippen molar-refractivity contribution in [2.75, 3.05) is 0 Å². The number of hydrogen-bond acceptors (Lipinski definition) is 3. The van der Waals surface area contributed by atoms with Crippen molar-refractivity contribution < 1.29 is 9.90 Å². The largest absolute Gasteiger partial charge is 0.477 e. The molecule has 0 saturated heterocycles. The number of hydrogen-bond donors (Lipinski definition) is 3. The number of carboxylic acids is 1. The van der Waals surface area contributed by atoms with E-state index in [2.05, 4.69) is 10.2 Å². The third-order valence-corrected chi connectivity index (χ3v) is 0.341. The van der Waals surface area contributed by atoms with E-state index in [9.17, 15) is 4.79 Å². The summed E-state index contributed by atoms with van der Waals surface area (Å²) < 4.78 is 0. The summed E-state index contributed by atoms with van der Waals surface area (Å²) in [6.45, 7) is 0. The summed E-state index contributed by atoms with van der Waals surface area (Å²) in [7, 11) is 0. The molecule has 0 aromatic carbocycles. The lowest BCUT2D eigenvalue weighted by Gasteiger charge is -1.80. The molecule has 50 valence electrons. The van der Waals surface area contributed by atoms with Gasteiger partial charge in [0, 0.05) is 0 Å². The molecule has 0 saturated carbocycles. The van der Waals surface area contributed by atoms with E-state index in [1.165, 1.54) is 0 Å². The maximum Gasteiger partial charge on any atom is 0.348 e. The lowest BCUT2D eigenvalue weighted by Crippen LogP contribution is -2.21. The van der Waals surface area contributed by atoms with Crippen molar-refractivity contribution in [1.29, 1.82) is 0 Å². The summed E-state index contributed by atoms with van der Waals surface area (Å²) in [5.41, 5.74) is 9.60. The molecule has 6 nitrogen and oxygen atoms in total. The van der Waals surface area contributed by atoms with Gasteiger partial charge in [-0.15, -0.1) is 10.2 Å². The molecule has 0 aliphatic heterocycles. The molecule has 0 amide bonds. The van der Waals surface area contributed by atoms with Crippen molar-refractivity contribution >= 4 is 18.1 Å². The Balaban J connectivity index is 3.74. The molecule has 0 atom stereocenters. The molecule has 6 heteroatoms. The minimum atomic E-state index is -1.19. The predicted octanol–water partition coefficient (Wildman–Crippen LogP) is -1.67. The van der Waals surface area contributed by atoms with Crippen LogP contribution in [-0.2, 0) is 4.79 Å². The van der Waals surface area contributed by atoms with Gasteiger partial charge in [0.2, 0.25) is 5.96 Å². The zero-order valence-corrected chi connectivity index (χ0v) is 4.48. The molecular formula is C3H6N4O2. The summed E-state index contributed by atoms with van der Waals surface area (Å²) in [4.78, 5) is 9.68. The van der Waals surface area contributed by atoms with E-state index in [1.807, 2.05) is 0 Å². The van der Waals surface area contributed by atoms with Gasteiger partial charge in [-0.05, 0) is 0 Å². The number of carboxylic acid groups (broad SMARTS) is 1. The second-order valence-corrected chi connectivity index (χ2v) is 1.11. The summed E-state index contributed by atoms with van der Waals surface area (Å²) >= 11 is 0. The molecular weight excluding hydrogens is 124 g/mol. The first-order chi connectivity index (χ1) is 4.13. The van der Waals surface area contributed by atoms with Gasteiger partial charge >= 0.3 is 5.97 Å². The van der Waals surface area contributed by atoms with Gasteiger partial charge in [0.05, 0.1) is 0 Å². The maximum atomic E-state index is 9.68. The summed E-state index contributed by atoms with van der Waals surface area (Å²) in [5.74, 6) is -1.47. The highest BCUT2D eigenvalue weighted by molar-refractivity contribution is 6.22. The molecule has 5 N–H and O–H groups in total. The van der Waals surface area contributed by atoms with Gasteiger partial charge in [0.25, 0.3) is 0 Å². The highest BCUT2D eigenvalue weighted by Gasteiger charge is 1.83. The minimum absolute atomic E-state index is 0.271. The van der Waals surface area contributed by atoms with Crippen LogP contribution in [0.4, 0.5) is 0 Å². The molecule has 0 unspecified atom stereocenters. The zero-order valence-electron chi connectivity index (χ0n) is 4.48. The predicted molar refractivity (Wildman–Crippen MR) is 31.9 cm³/mol. The lowest BCUT2D eigenvalue weighted by atomic mass is 10.8. The Morgan fingerprint density at radius 3 is 2.44 bits per heavy atom. The number of carbonyl (C=O) groups is 1. The van der Waals surface area contributed by atoms with Gasteiger partial charge in [-0.2, -0.15) is 0 Å². The topological polar surface area (TPSA) is 114 Å². The van der Waals surface area contributed by atoms with Crippen LogP contribution in [0.25, 0.3) is 0 Å². The second kappa shape index (κ2) is 3.42. The lowest BCUT2D eigenvalue weighted by molar-refractivity contribution is -0.128. The van der Waals surface area contributed by atoms with Crippen LogP contribution in [0.1, 0.15) is 0 Å². The van der Waals surface area contributed by atoms with Gasteiger partial charge in [-0.3, -0.25) is 0 Å². The molecule has 0 bridgehead atoms. The smallest absolute Gasteiger partial charge is 0.348 e. The first kappa shape index (κ1) is 7.41. The van der Waals surface area contributed by atoms with Gasteiger partial charge < -0.3 is 16.6 Å². The number of nitrogens with two attached hydrogens (primary N) is 2. The number of aliphatic carboxylic acids is 1. The second-order valence-electron chi connectivity index (χ2n) is 1.11. The Morgan fingerprint density at radius 2 is 2.11 bits per heavy atom. The van der Waals surface area contributed by atoms with E-state index in [0.717, 1.165) is 0 Å². The average Bonchev–Trinajstić information content (AvgIpc) is 1.63. The standard InChI is InChI=1S/C3H6N4O2/c4-3(5)7-6-1-2(8)9/h1H,(H,8,9)(H4,4,5,7). The van der Waals surface area contributed by atoms with Crippen LogP contribution in [0.15, 0.2) is 10.2 Å². The number of guanidine groups is 1. The van der Waals surface area contributed by atoms with Crippen LogP contribution in [0.5, 0.6) is 0 Å². The molecule has 0 spiro atoms. The molecule has 0 radical (unpaired) electrons. The SMILES string of the molecule is NC(N)=NN=CC(=O)O. The van der Waals surface area contributed by atoms with Crippen molar-refractivity contribution in [3.8, 4) is 0 Å². The van der Waals surface area contributed by atoms with Crippen LogP contribution in [0.2, 0.25) is 0 Å². The molecule has 0 aromatic heterocycles. The molecule has 0 fully saturated rings. The van der Waals surface area contributed by atoms with E-state index in [0.29, 0.717) is 6.21 Å². The van der Waals surface area contributed by atoms with Crippen LogP contribution >= 0.6 is 0 Å². The van der Waals surface area contributed by atoms with Crippen LogP contribution in [0, 0.1) is 0 Å². The van der Waals surface area contributed by atoms with Crippen LogP contribution in [0.3, 0.4) is 0 Å². The fourth-order valence-electron chi connectivity index (χ4n) is 0.145. The fourth-order valence-corrected chi connectivity index (χ4v) is 0.145. The Bertz CT molecular complexity index is 157. The van der Waals surface area contributed by atoms with E-state index < -0.39 is 5.97 Å². The van der Waals surface area contributed by atoms with E-state index in [1.54, 1.807) is 0 Å². The van der Waals surface area contributed by atoms with Crippen molar-refractivity contribution in [2.24, 2.45) is 21.7 Å². The summed E-state index contributed by atoms with van der Waals surface area (Å²) in [6, 6.07) is 0. The normalized spacial score (nSPS) is 9.33. The van der Waals surface area contributed by atoms with Crippen molar-refractivity contribution in [2.45, 2.75) is 0 Å². The Hall–Kier alpha value is -1.59. The van der Waals surface area contributed by atoms with Crippen LogP contribution < -0.4 is 11.5 Å². The maximum absolute atomic E-state index is 9.68. The Morgan fingerprint density at radius 1 is 1.56 bits per heavy atom. The molecule has 0 aliphatic carbocycles. The van der Waals surface area contributed by atoms with Crippen molar-refractivity contribution in [3.63, 3.8) is 0 Å². The Kier molecular flexibility index (Phi) is 2.81. The molecule has 0 heterocycles. The van der Waals surface area contributed by atoms with E-state index in [4.69, 9.17) is 16.6 Å². The van der Waals surface area contributed by atoms with E-state index in [-0.39, 0.29) is 5.96 Å². The summed E-state index contributed by atoms with van der Waals surface area (Å²) in [5, 5.41) is 13.9. The molecule has 0 rings (SSSR count). The van der Waals surface area contributed by atoms with Gasteiger partial charge in [0.1, 0.15) is 6.21 Å². The fraction of sp³-hybridized carbons (Fsp3) is 0. The molecule has 0 aliphatic rings. The van der Waals surface area contributed by atoms with Gasteiger partial charge in [-0.1, -0.05) is 0 Å². The van der Waals surface area contributed by atoms with Crippen molar-refractivity contribution in [1.82, 2.24) is 0 Å². The first-order valence-electron chi connectivity index (χ1n) is 1.98. The third kappa shape index (κ3) is 6.41.